The standard InChI is InChI=1S/C25H30FN5O2/c1-15-20-11-16(13-27-15)22-19(28-30(4)24(22)33-5)14-29(3)23(32)18-9-8-17(26)12-25(18,2)21-7-6-10-31(20)21/h8-9,11-13,18,21H,6-7,10,14H2,1-5H3/t18?,21-,25?/m1/s1. The van der Waals surface area contributed by atoms with Gasteiger partial charge in [0.05, 0.1) is 42.2 Å². The lowest BCUT2D eigenvalue weighted by atomic mass is 9.67. The molecule has 1 saturated heterocycles. The number of fused-ring (bicyclic) bond motifs is 8. The summed E-state index contributed by atoms with van der Waals surface area (Å²) in [5.74, 6) is -0.176. The van der Waals surface area contributed by atoms with Gasteiger partial charge in [0.1, 0.15) is 5.83 Å². The summed E-state index contributed by atoms with van der Waals surface area (Å²) in [4.78, 5) is 22.5. The van der Waals surface area contributed by atoms with Crippen molar-refractivity contribution in [2.75, 3.05) is 25.6 Å². The highest BCUT2D eigenvalue weighted by atomic mass is 19.1. The molecule has 174 valence electrons. The Morgan fingerprint density at radius 3 is 2.85 bits per heavy atom. The number of ether oxygens (including phenoxy) is 1. The van der Waals surface area contributed by atoms with E-state index in [1.807, 2.05) is 27.1 Å². The Morgan fingerprint density at radius 2 is 2.09 bits per heavy atom. The Bertz CT molecular complexity index is 1190. The van der Waals surface area contributed by atoms with Crippen LogP contribution in [-0.2, 0) is 18.4 Å². The van der Waals surface area contributed by atoms with Gasteiger partial charge in [0.15, 0.2) is 0 Å². The fraction of sp³-hybridized carbons (Fsp3) is 0.480. The number of nitrogens with zero attached hydrogens (tertiary/aromatic N) is 5. The molecule has 8 heteroatoms. The summed E-state index contributed by atoms with van der Waals surface area (Å²) in [5.41, 5.74) is 3.71. The minimum absolute atomic E-state index is 0.0269. The van der Waals surface area contributed by atoms with Crippen LogP contribution in [-0.4, -0.2) is 52.3 Å². The number of amides is 1. The van der Waals surface area contributed by atoms with Crippen LogP contribution in [0.1, 0.15) is 31.2 Å². The molecule has 3 aliphatic rings. The number of hydrogen-bond donors (Lipinski definition) is 0. The van der Waals surface area contributed by atoms with Crippen LogP contribution in [0.2, 0.25) is 0 Å². The van der Waals surface area contributed by atoms with E-state index in [0.717, 1.165) is 47.6 Å². The van der Waals surface area contributed by atoms with Crippen molar-refractivity contribution >= 4 is 11.6 Å². The minimum atomic E-state index is -0.688. The SMILES string of the molecule is COc1c2c(nn1C)CN(C)C(=O)C1C=CC(F)=CC1(C)[C@H]1CCCN1c1cc-2cnc1C. The van der Waals surface area contributed by atoms with Crippen LogP contribution in [0, 0.1) is 18.3 Å². The van der Waals surface area contributed by atoms with Gasteiger partial charge in [-0.3, -0.25) is 9.78 Å². The first-order valence-electron chi connectivity index (χ1n) is 11.4. The van der Waals surface area contributed by atoms with E-state index in [-0.39, 0.29) is 17.8 Å². The number of carbonyl (C=O) groups excluding carboxylic acids is 1. The van der Waals surface area contributed by atoms with Gasteiger partial charge in [0.25, 0.3) is 0 Å². The highest BCUT2D eigenvalue weighted by Gasteiger charge is 2.49. The maximum Gasteiger partial charge on any atom is 0.230 e. The van der Waals surface area contributed by atoms with Crippen molar-refractivity contribution in [2.24, 2.45) is 18.4 Å². The average molecular weight is 452 g/mol. The number of hydrogen-bond acceptors (Lipinski definition) is 5. The Kier molecular flexibility index (Phi) is 5.06. The fourth-order valence-corrected chi connectivity index (χ4v) is 5.87. The molecule has 0 aromatic carbocycles. The van der Waals surface area contributed by atoms with Crippen molar-refractivity contribution in [1.29, 1.82) is 0 Å². The molecule has 0 N–H and O–H groups in total. The Hall–Kier alpha value is -3.16. The fourth-order valence-electron chi connectivity index (χ4n) is 5.87. The lowest BCUT2D eigenvalue weighted by molar-refractivity contribution is -0.136. The van der Waals surface area contributed by atoms with Crippen molar-refractivity contribution in [3.8, 4) is 17.0 Å². The van der Waals surface area contributed by atoms with E-state index < -0.39 is 11.3 Å². The van der Waals surface area contributed by atoms with E-state index in [0.29, 0.717) is 12.4 Å². The molecule has 0 radical (unpaired) electrons. The number of carbonyl (C=O) groups is 1. The first kappa shape index (κ1) is 21.7. The number of allylic oxidation sites excluding steroid dienone is 2. The molecule has 2 unspecified atom stereocenters. The maximum absolute atomic E-state index is 14.6. The van der Waals surface area contributed by atoms with E-state index in [1.165, 1.54) is 6.08 Å². The Balaban J connectivity index is 1.77. The van der Waals surface area contributed by atoms with E-state index in [2.05, 4.69) is 16.1 Å². The van der Waals surface area contributed by atoms with Crippen molar-refractivity contribution in [3.05, 3.63) is 47.7 Å². The van der Waals surface area contributed by atoms with Crippen molar-refractivity contribution in [2.45, 2.75) is 39.3 Å². The molecule has 5 rings (SSSR count). The molecule has 2 aromatic rings. The van der Waals surface area contributed by atoms with Gasteiger partial charge in [-0.2, -0.15) is 5.10 Å². The maximum atomic E-state index is 14.6. The van der Waals surface area contributed by atoms with Crippen LogP contribution < -0.4 is 9.64 Å². The van der Waals surface area contributed by atoms with E-state index in [4.69, 9.17) is 9.72 Å². The molecule has 3 atom stereocenters. The van der Waals surface area contributed by atoms with Crippen LogP contribution >= 0.6 is 0 Å². The third-order valence-corrected chi connectivity index (χ3v) is 7.49. The summed E-state index contributed by atoms with van der Waals surface area (Å²) in [7, 11) is 5.24. The molecule has 4 heterocycles. The number of anilines is 1. The Labute approximate surface area is 193 Å². The highest BCUT2D eigenvalue weighted by molar-refractivity contribution is 5.83. The summed E-state index contributed by atoms with van der Waals surface area (Å²) in [6, 6.07) is 2.12. The largest absolute Gasteiger partial charge is 0.481 e. The van der Waals surface area contributed by atoms with Gasteiger partial charge in [0, 0.05) is 43.9 Å². The second-order valence-corrected chi connectivity index (χ2v) is 9.56. The summed E-state index contributed by atoms with van der Waals surface area (Å²) in [6.07, 6.45) is 8.51. The van der Waals surface area contributed by atoms with Crippen LogP contribution in [0.15, 0.2) is 36.3 Å². The first-order valence-corrected chi connectivity index (χ1v) is 11.4. The number of pyridine rings is 1. The first-order chi connectivity index (χ1) is 15.7. The molecule has 7 nitrogen and oxygen atoms in total. The highest BCUT2D eigenvalue weighted by Crippen LogP contribution is 2.48. The zero-order valence-electron chi connectivity index (χ0n) is 19.8. The van der Waals surface area contributed by atoms with Crippen molar-refractivity contribution < 1.29 is 13.9 Å². The van der Waals surface area contributed by atoms with Gasteiger partial charge in [-0.25, -0.2) is 9.07 Å². The predicted octanol–water partition coefficient (Wildman–Crippen LogP) is 3.79. The number of aromatic nitrogens is 3. The third kappa shape index (κ3) is 3.26. The van der Waals surface area contributed by atoms with Gasteiger partial charge < -0.3 is 14.5 Å². The van der Waals surface area contributed by atoms with Crippen LogP contribution in [0.25, 0.3) is 11.1 Å². The van der Waals surface area contributed by atoms with E-state index in [9.17, 15) is 9.18 Å². The van der Waals surface area contributed by atoms with Gasteiger partial charge in [-0.15, -0.1) is 0 Å². The monoisotopic (exact) mass is 451 g/mol. The van der Waals surface area contributed by atoms with Crippen molar-refractivity contribution in [1.82, 2.24) is 19.7 Å². The molecule has 33 heavy (non-hydrogen) atoms. The molecule has 0 spiro atoms. The summed E-state index contributed by atoms with van der Waals surface area (Å²) in [6.45, 7) is 5.16. The van der Waals surface area contributed by atoms with Gasteiger partial charge in [-0.05, 0) is 38.0 Å². The lowest BCUT2D eigenvalue weighted by Gasteiger charge is -2.45. The Morgan fingerprint density at radius 1 is 1.30 bits per heavy atom. The van der Waals surface area contributed by atoms with Crippen molar-refractivity contribution in [3.63, 3.8) is 0 Å². The smallest absolute Gasteiger partial charge is 0.230 e. The van der Waals surface area contributed by atoms with Crippen LogP contribution in [0.4, 0.5) is 10.1 Å². The summed E-state index contributed by atoms with van der Waals surface area (Å²) in [5, 5.41) is 4.68. The van der Waals surface area contributed by atoms with Gasteiger partial charge in [0.2, 0.25) is 11.8 Å². The van der Waals surface area contributed by atoms with Crippen LogP contribution in [0.3, 0.4) is 0 Å². The molecule has 2 bridgehead atoms. The molecule has 1 amide bonds. The minimum Gasteiger partial charge on any atom is -0.481 e. The number of halogens is 1. The number of methoxy groups -OCH3 is 1. The third-order valence-electron chi connectivity index (χ3n) is 7.49. The molecule has 0 saturated carbocycles. The van der Waals surface area contributed by atoms with Gasteiger partial charge in [-0.1, -0.05) is 13.0 Å². The normalized spacial score (nSPS) is 26.7. The quantitative estimate of drug-likeness (QED) is 0.660. The van der Waals surface area contributed by atoms with Gasteiger partial charge >= 0.3 is 0 Å². The number of aryl methyl sites for hydroxylation is 2. The topological polar surface area (TPSA) is 63.5 Å². The summed E-state index contributed by atoms with van der Waals surface area (Å²) < 4.78 is 22.0. The molecule has 1 aliphatic carbocycles. The zero-order valence-corrected chi connectivity index (χ0v) is 19.8. The van der Waals surface area contributed by atoms with Crippen LogP contribution in [0.5, 0.6) is 5.88 Å². The molecule has 1 fully saturated rings. The second kappa shape index (κ2) is 7.71. The molecular formula is C25H30FN5O2. The van der Waals surface area contributed by atoms with E-state index in [1.54, 1.807) is 35.9 Å². The second-order valence-electron chi connectivity index (χ2n) is 9.56. The average Bonchev–Trinajstić information content (AvgIpc) is 3.38. The molecule has 2 aliphatic heterocycles. The molecular weight excluding hydrogens is 421 g/mol. The zero-order chi connectivity index (χ0) is 23.5. The predicted molar refractivity (Wildman–Crippen MR) is 124 cm³/mol. The summed E-state index contributed by atoms with van der Waals surface area (Å²) >= 11 is 0. The number of rotatable bonds is 1. The molecule has 2 aromatic heterocycles. The van der Waals surface area contributed by atoms with E-state index >= 15 is 0 Å². The lowest BCUT2D eigenvalue weighted by Crippen LogP contribution is -2.51.